The summed E-state index contributed by atoms with van der Waals surface area (Å²) >= 11 is 1.87. The SMILES string of the molecule is c1ccc(-c2nc3cc(-c4cccc(-c5ccc6c7ccccc7n(-c7ccccc7)c6c5)c4)ccc3c3c2ccc2sc4ccccc4c23)cc1. The van der Waals surface area contributed by atoms with Crippen LogP contribution in [0.2, 0.25) is 0 Å². The van der Waals surface area contributed by atoms with Crippen LogP contribution in [-0.4, -0.2) is 9.55 Å². The molecule has 0 spiro atoms. The second kappa shape index (κ2) is 11.5. The molecule has 0 unspecified atom stereocenters. The van der Waals surface area contributed by atoms with Crippen LogP contribution < -0.4 is 0 Å². The third-order valence-electron chi connectivity index (χ3n) is 10.6. The van der Waals surface area contributed by atoms with Crippen molar-refractivity contribution in [3.63, 3.8) is 0 Å². The van der Waals surface area contributed by atoms with Crippen LogP contribution in [0.1, 0.15) is 0 Å². The van der Waals surface area contributed by atoms with Gasteiger partial charge in [0.05, 0.1) is 22.2 Å². The summed E-state index contributed by atoms with van der Waals surface area (Å²) in [6.45, 7) is 0. The number of nitrogens with zero attached hydrogens (tertiary/aromatic N) is 2. The van der Waals surface area contributed by atoms with E-state index in [-0.39, 0.29) is 0 Å². The first-order valence-corrected chi connectivity index (χ1v) is 18.5. The summed E-state index contributed by atoms with van der Waals surface area (Å²) in [6.07, 6.45) is 0. The van der Waals surface area contributed by atoms with Gasteiger partial charge < -0.3 is 4.57 Å². The second-order valence-electron chi connectivity index (χ2n) is 13.5. The van der Waals surface area contributed by atoms with Crippen LogP contribution in [0.5, 0.6) is 0 Å². The van der Waals surface area contributed by atoms with Gasteiger partial charge in [-0.05, 0) is 70.8 Å². The largest absolute Gasteiger partial charge is 0.309 e. The third-order valence-corrected chi connectivity index (χ3v) is 11.7. The average Bonchev–Trinajstić information content (AvgIpc) is 3.76. The van der Waals surface area contributed by atoms with E-state index in [2.05, 4.69) is 187 Å². The van der Waals surface area contributed by atoms with Crippen molar-refractivity contribution < 1.29 is 0 Å². The smallest absolute Gasteiger partial charge is 0.0788 e. The Bertz CT molecular complexity index is 3170. The minimum Gasteiger partial charge on any atom is -0.309 e. The van der Waals surface area contributed by atoms with E-state index in [1.807, 2.05) is 11.3 Å². The Hall–Kier alpha value is -6.55. The van der Waals surface area contributed by atoms with Crippen molar-refractivity contribution in [2.75, 3.05) is 0 Å². The highest BCUT2D eigenvalue weighted by molar-refractivity contribution is 7.26. The highest BCUT2D eigenvalue weighted by atomic mass is 32.1. The summed E-state index contributed by atoms with van der Waals surface area (Å²) in [7, 11) is 0. The van der Waals surface area contributed by atoms with Gasteiger partial charge in [0.2, 0.25) is 0 Å². The molecule has 11 aromatic rings. The van der Waals surface area contributed by atoms with Gasteiger partial charge >= 0.3 is 0 Å². The summed E-state index contributed by atoms with van der Waals surface area (Å²) in [5, 5.41) is 8.80. The summed E-state index contributed by atoms with van der Waals surface area (Å²) < 4.78 is 5.00. The standard InChI is InChI=1S/C49H30N2S/c1-3-12-31(13-4-1)49-41-26-27-46-48(40-19-8-10-21-45(40)52-46)47(41)39-25-23-34(29-42(39)50-49)32-14-11-15-33(28-32)35-22-24-38-37-18-7-9-20-43(37)51(44(38)30-35)36-16-5-2-6-17-36/h1-30H. The molecule has 0 radical (unpaired) electrons. The fraction of sp³-hybridized carbons (Fsp3) is 0. The lowest BCUT2D eigenvalue weighted by Crippen LogP contribution is -1.93. The number of benzene rings is 8. The third kappa shape index (κ3) is 4.46. The number of fused-ring (bicyclic) bond motifs is 10. The summed E-state index contributed by atoms with van der Waals surface area (Å²) in [5.41, 5.74) is 11.4. The van der Waals surface area contributed by atoms with Gasteiger partial charge in [0, 0.05) is 58.4 Å². The Balaban J connectivity index is 1.10. The molecule has 2 nitrogen and oxygen atoms in total. The summed E-state index contributed by atoms with van der Waals surface area (Å²) in [4.78, 5) is 5.41. The van der Waals surface area contributed by atoms with Gasteiger partial charge in [-0.25, -0.2) is 4.98 Å². The van der Waals surface area contributed by atoms with E-state index >= 15 is 0 Å². The van der Waals surface area contributed by atoms with Gasteiger partial charge in [-0.1, -0.05) is 133 Å². The summed E-state index contributed by atoms with van der Waals surface area (Å²) in [6, 6.07) is 66.0. The highest BCUT2D eigenvalue weighted by Gasteiger charge is 2.18. The maximum absolute atomic E-state index is 5.41. The van der Waals surface area contributed by atoms with Crippen molar-refractivity contribution in [1.29, 1.82) is 0 Å². The van der Waals surface area contributed by atoms with E-state index in [9.17, 15) is 0 Å². The number of thiophene rings is 1. The number of para-hydroxylation sites is 2. The summed E-state index contributed by atoms with van der Waals surface area (Å²) in [5.74, 6) is 0. The monoisotopic (exact) mass is 678 g/mol. The molecular formula is C49H30N2S. The topological polar surface area (TPSA) is 17.8 Å². The van der Waals surface area contributed by atoms with Gasteiger partial charge in [-0.15, -0.1) is 11.3 Å². The normalized spacial score (nSPS) is 11.8. The molecule has 242 valence electrons. The van der Waals surface area contributed by atoms with Gasteiger partial charge in [0.15, 0.2) is 0 Å². The Morgan fingerprint density at radius 2 is 0.981 bits per heavy atom. The molecule has 3 aromatic heterocycles. The molecule has 0 aliphatic rings. The number of hydrogen-bond acceptors (Lipinski definition) is 2. The molecule has 0 aliphatic carbocycles. The zero-order chi connectivity index (χ0) is 34.2. The van der Waals surface area contributed by atoms with Crippen molar-refractivity contribution in [3.05, 3.63) is 182 Å². The van der Waals surface area contributed by atoms with E-state index in [0.29, 0.717) is 0 Å². The van der Waals surface area contributed by atoms with Gasteiger partial charge in [0.25, 0.3) is 0 Å². The predicted molar refractivity (Wildman–Crippen MR) is 223 cm³/mol. The fourth-order valence-corrected chi connectivity index (χ4v) is 9.30. The molecule has 0 saturated carbocycles. The lowest BCUT2D eigenvalue weighted by atomic mass is 9.94. The minimum atomic E-state index is 1.01. The van der Waals surface area contributed by atoms with Crippen LogP contribution in [0.25, 0.3) is 103 Å². The van der Waals surface area contributed by atoms with E-state index in [1.54, 1.807) is 0 Å². The number of hydrogen-bond donors (Lipinski definition) is 0. The van der Waals surface area contributed by atoms with Crippen LogP contribution in [0.4, 0.5) is 0 Å². The lowest BCUT2D eigenvalue weighted by molar-refractivity contribution is 1.18. The van der Waals surface area contributed by atoms with Crippen LogP contribution in [0.3, 0.4) is 0 Å². The fourth-order valence-electron chi connectivity index (χ4n) is 8.19. The second-order valence-corrected chi connectivity index (χ2v) is 14.6. The number of aromatic nitrogens is 2. The minimum absolute atomic E-state index is 1.01. The molecule has 0 fully saturated rings. The molecule has 3 heterocycles. The first kappa shape index (κ1) is 29.2. The van der Waals surface area contributed by atoms with E-state index in [4.69, 9.17) is 4.98 Å². The van der Waals surface area contributed by atoms with Crippen molar-refractivity contribution in [1.82, 2.24) is 9.55 Å². The van der Waals surface area contributed by atoms with E-state index < -0.39 is 0 Å². The first-order valence-electron chi connectivity index (χ1n) is 17.7. The van der Waals surface area contributed by atoms with Crippen molar-refractivity contribution in [3.8, 4) is 39.2 Å². The van der Waals surface area contributed by atoms with Crippen LogP contribution in [0, 0.1) is 0 Å². The average molecular weight is 679 g/mol. The zero-order valence-corrected chi connectivity index (χ0v) is 28.9. The molecule has 8 aromatic carbocycles. The zero-order valence-electron chi connectivity index (χ0n) is 28.1. The van der Waals surface area contributed by atoms with Crippen molar-refractivity contribution in [2.45, 2.75) is 0 Å². The van der Waals surface area contributed by atoms with Crippen molar-refractivity contribution >= 4 is 75.0 Å². The van der Waals surface area contributed by atoms with Gasteiger partial charge in [0.1, 0.15) is 0 Å². The van der Waals surface area contributed by atoms with Gasteiger partial charge in [-0.3, -0.25) is 0 Å². The number of pyridine rings is 1. The molecule has 0 bridgehead atoms. The molecule has 52 heavy (non-hydrogen) atoms. The quantitative estimate of drug-likeness (QED) is 0.169. The Morgan fingerprint density at radius 3 is 1.81 bits per heavy atom. The molecule has 0 N–H and O–H groups in total. The first-order chi connectivity index (χ1) is 25.8. The molecule has 3 heteroatoms. The molecular weight excluding hydrogens is 649 g/mol. The maximum atomic E-state index is 5.41. The molecule has 0 saturated heterocycles. The number of rotatable bonds is 4. The Morgan fingerprint density at radius 1 is 0.365 bits per heavy atom. The van der Waals surface area contributed by atoms with Gasteiger partial charge in [-0.2, -0.15) is 0 Å². The Labute approximate surface area is 304 Å². The molecule has 0 aliphatic heterocycles. The molecule has 0 atom stereocenters. The predicted octanol–water partition coefficient (Wildman–Crippen LogP) is 13.9. The van der Waals surface area contributed by atoms with Crippen LogP contribution in [-0.2, 0) is 0 Å². The maximum Gasteiger partial charge on any atom is 0.0788 e. The lowest BCUT2D eigenvalue weighted by Gasteiger charge is -2.13. The van der Waals surface area contributed by atoms with Crippen molar-refractivity contribution in [2.24, 2.45) is 0 Å². The Kier molecular flexibility index (Phi) is 6.46. The molecule has 0 amide bonds. The van der Waals surface area contributed by atoms with E-state index in [0.717, 1.165) is 22.3 Å². The highest BCUT2D eigenvalue weighted by Crippen LogP contribution is 2.44. The van der Waals surface area contributed by atoms with Crippen LogP contribution in [0.15, 0.2) is 182 Å². The molecule has 11 rings (SSSR count). The van der Waals surface area contributed by atoms with E-state index in [1.165, 1.54) is 80.5 Å². The van der Waals surface area contributed by atoms with Crippen LogP contribution >= 0.6 is 11.3 Å².